The number of thioether (sulfide) groups is 1. The Bertz CT molecular complexity index is 994. The van der Waals surface area contributed by atoms with Crippen molar-refractivity contribution in [2.45, 2.75) is 18.7 Å². The van der Waals surface area contributed by atoms with E-state index < -0.39 is 0 Å². The number of nitrogens with one attached hydrogen (secondary N) is 1. The van der Waals surface area contributed by atoms with Crippen molar-refractivity contribution in [1.82, 2.24) is 14.8 Å². The smallest absolute Gasteiger partial charge is 0.234 e. The number of hydrogen-bond acceptors (Lipinski definition) is 5. The van der Waals surface area contributed by atoms with Crippen LogP contribution in [0.15, 0.2) is 47.6 Å². The summed E-state index contributed by atoms with van der Waals surface area (Å²) in [6, 6.07) is 12.5. The van der Waals surface area contributed by atoms with Crippen LogP contribution in [0.1, 0.15) is 11.4 Å². The van der Waals surface area contributed by atoms with Crippen LogP contribution in [0.5, 0.6) is 5.75 Å². The Kier molecular flexibility index (Phi) is 6.83. The molecule has 0 aliphatic carbocycles. The molecule has 146 valence electrons. The van der Waals surface area contributed by atoms with Gasteiger partial charge in [-0.15, -0.1) is 10.2 Å². The molecule has 9 heteroatoms. The second-order valence-corrected chi connectivity index (χ2v) is 7.79. The monoisotopic (exact) mass is 436 g/mol. The Morgan fingerprint density at radius 3 is 2.79 bits per heavy atom. The average molecular weight is 437 g/mol. The minimum atomic E-state index is -0.148. The molecule has 0 radical (unpaired) electrons. The molecule has 28 heavy (non-hydrogen) atoms. The first kappa shape index (κ1) is 20.5. The Hall–Kier alpha value is -2.22. The van der Waals surface area contributed by atoms with Crippen molar-refractivity contribution in [1.29, 1.82) is 0 Å². The van der Waals surface area contributed by atoms with Crippen LogP contribution < -0.4 is 10.1 Å². The summed E-state index contributed by atoms with van der Waals surface area (Å²) in [7, 11) is 1.84. The first-order chi connectivity index (χ1) is 13.4. The highest BCUT2D eigenvalue weighted by Gasteiger charge is 2.12. The molecule has 0 spiro atoms. The quantitative estimate of drug-likeness (QED) is 0.541. The number of anilines is 1. The van der Waals surface area contributed by atoms with Gasteiger partial charge in [0.25, 0.3) is 0 Å². The summed E-state index contributed by atoms with van der Waals surface area (Å²) >= 11 is 13.2. The fraction of sp³-hybridized carbons (Fsp3) is 0.211. The fourth-order valence-electron chi connectivity index (χ4n) is 2.34. The van der Waals surface area contributed by atoms with Gasteiger partial charge in [-0.1, -0.05) is 41.0 Å². The van der Waals surface area contributed by atoms with Crippen LogP contribution in [0, 0.1) is 6.92 Å². The fourth-order valence-corrected chi connectivity index (χ4v) is 3.38. The molecule has 0 unspecified atom stereocenters. The molecule has 2 aromatic carbocycles. The number of hydrogen-bond donors (Lipinski definition) is 1. The number of carbonyl (C=O) groups excluding carboxylic acids is 1. The van der Waals surface area contributed by atoms with Gasteiger partial charge in [0.2, 0.25) is 5.91 Å². The number of benzene rings is 2. The van der Waals surface area contributed by atoms with E-state index in [2.05, 4.69) is 15.5 Å². The Morgan fingerprint density at radius 2 is 2.04 bits per heavy atom. The van der Waals surface area contributed by atoms with E-state index in [0.29, 0.717) is 32.5 Å². The van der Waals surface area contributed by atoms with Gasteiger partial charge < -0.3 is 14.6 Å². The number of ether oxygens (including phenoxy) is 1. The van der Waals surface area contributed by atoms with Crippen molar-refractivity contribution >= 4 is 46.6 Å². The van der Waals surface area contributed by atoms with Gasteiger partial charge in [-0.25, -0.2) is 0 Å². The normalized spacial score (nSPS) is 10.7. The highest BCUT2D eigenvalue weighted by atomic mass is 35.5. The summed E-state index contributed by atoms with van der Waals surface area (Å²) in [6.45, 7) is 2.18. The predicted molar refractivity (Wildman–Crippen MR) is 112 cm³/mol. The summed E-state index contributed by atoms with van der Waals surface area (Å²) in [6.07, 6.45) is 0. The largest absolute Gasteiger partial charge is 0.486 e. The maximum atomic E-state index is 12.1. The molecule has 0 saturated heterocycles. The van der Waals surface area contributed by atoms with Gasteiger partial charge in [0.1, 0.15) is 12.4 Å². The second-order valence-electron chi connectivity index (χ2n) is 6.00. The summed E-state index contributed by atoms with van der Waals surface area (Å²) < 4.78 is 7.56. The minimum Gasteiger partial charge on any atom is -0.486 e. The zero-order valence-electron chi connectivity index (χ0n) is 15.3. The van der Waals surface area contributed by atoms with Crippen molar-refractivity contribution < 1.29 is 9.53 Å². The lowest BCUT2D eigenvalue weighted by Gasteiger charge is -2.08. The number of rotatable bonds is 7. The van der Waals surface area contributed by atoms with Crippen LogP contribution in [0.2, 0.25) is 10.0 Å². The molecule has 0 saturated carbocycles. The van der Waals surface area contributed by atoms with E-state index in [-0.39, 0.29) is 18.3 Å². The number of aryl methyl sites for hydroxylation is 1. The lowest BCUT2D eigenvalue weighted by molar-refractivity contribution is -0.113. The number of halogens is 2. The molecule has 0 aliphatic rings. The Balaban J connectivity index is 1.53. The third kappa shape index (κ3) is 5.41. The van der Waals surface area contributed by atoms with Crippen molar-refractivity contribution in [3.63, 3.8) is 0 Å². The minimum absolute atomic E-state index is 0.148. The van der Waals surface area contributed by atoms with E-state index >= 15 is 0 Å². The van der Waals surface area contributed by atoms with E-state index in [1.54, 1.807) is 34.9 Å². The van der Waals surface area contributed by atoms with Crippen LogP contribution in [0.25, 0.3) is 0 Å². The van der Waals surface area contributed by atoms with Gasteiger partial charge in [0.05, 0.1) is 5.75 Å². The molecule has 3 rings (SSSR count). The van der Waals surface area contributed by atoms with E-state index in [9.17, 15) is 4.79 Å². The number of nitrogens with zero attached hydrogens (tertiary/aromatic N) is 3. The van der Waals surface area contributed by atoms with Crippen LogP contribution in [0.4, 0.5) is 5.69 Å². The molecule has 6 nitrogen and oxygen atoms in total. The lowest BCUT2D eigenvalue weighted by Crippen LogP contribution is -2.14. The van der Waals surface area contributed by atoms with Gasteiger partial charge in [-0.2, -0.15) is 0 Å². The topological polar surface area (TPSA) is 69.0 Å². The molecule has 1 amide bonds. The molecule has 1 N–H and O–H groups in total. The molecule has 1 aromatic heterocycles. The van der Waals surface area contributed by atoms with E-state index in [0.717, 1.165) is 5.56 Å². The van der Waals surface area contributed by atoms with Crippen LogP contribution >= 0.6 is 35.0 Å². The summed E-state index contributed by atoms with van der Waals surface area (Å²) in [4.78, 5) is 12.1. The summed E-state index contributed by atoms with van der Waals surface area (Å²) in [5.41, 5.74) is 1.60. The van der Waals surface area contributed by atoms with Crippen molar-refractivity contribution in [3.05, 3.63) is 63.9 Å². The molecular weight excluding hydrogens is 419 g/mol. The average Bonchev–Trinajstić information content (AvgIpc) is 3.01. The number of aromatic nitrogens is 3. The predicted octanol–water partition coefficient (Wildman–Crippen LogP) is 4.74. The molecular formula is C19H18Cl2N4O2S. The summed E-state index contributed by atoms with van der Waals surface area (Å²) in [5.74, 6) is 1.42. The Labute approximate surface area is 177 Å². The van der Waals surface area contributed by atoms with E-state index in [4.69, 9.17) is 27.9 Å². The number of amides is 1. The SMILES string of the molecule is Cc1cc(OCc2nnc(SCC(=O)Nc3cccc(Cl)c3)n2C)ccc1Cl. The van der Waals surface area contributed by atoms with Gasteiger partial charge in [0, 0.05) is 22.8 Å². The van der Waals surface area contributed by atoms with Crippen LogP contribution in [-0.2, 0) is 18.4 Å². The zero-order valence-corrected chi connectivity index (χ0v) is 17.6. The van der Waals surface area contributed by atoms with Crippen LogP contribution in [-0.4, -0.2) is 26.4 Å². The van der Waals surface area contributed by atoms with Crippen molar-refractivity contribution in [2.75, 3.05) is 11.1 Å². The third-order valence-electron chi connectivity index (χ3n) is 3.86. The van der Waals surface area contributed by atoms with Gasteiger partial charge in [-0.3, -0.25) is 4.79 Å². The lowest BCUT2D eigenvalue weighted by atomic mass is 10.2. The van der Waals surface area contributed by atoms with Gasteiger partial charge in [0.15, 0.2) is 11.0 Å². The van der Waals surface area contributed by atoms with Crippen molar-refractivity contribution in [3.8, 4) is 5.75 Å². The molecule has 0 fully saturated rings. The summed E-state index contributed by atoms with van der Waals surface area (Å²) in [5, 5.41) is 13.0. The zero-order chi connectivity index (χ0) is 20.1. The Morgan fingerprint density at radius 1 is 1.21 bits per heavy atom. The maximum absolute atomic E-state index is 12.1. The second kappa shape index (κ2) is 9.32. The number of carbonyl (C=O) groups is 1. The molecule has 0 bridgehead atoms. The van der Waals surface area contributed by atoms with E-state index in [1.807, 2.05) is 26.1 Å². The molecule has 0 aliphatic heterocycles. The molecule has 0 atom stereocenters. The van der Waals surface area contributed by atoms with Gasteiger partial charge in [-0.05, 0) is 48.9 Å². The highest BCUT2D eigenvalue weighted by Crippen LogP contribution is 2.22. The molecule has 1 heterocycles. The van der Waals surface area contributed by atoms with E-state index in [1.165, 1.54) is 11.8 Å². The molecule has 3 aromatic rings. The van der Waals surface area contributed by atoms with Crippen molar-refractivity contribution in [2.24, 2.45) is 7.05 Å². The first-order valence-electron chi connectivity index (χ1n) is 8.38. The maximum Gasteiger partial charge on any atom is 0.234 e. The highest BCUT2D eigenvalue weighted by molar-refractivity contribution is 7.99. The third-order valence-corrected chi connectivity index (χ3v) is 5.54. The first-order valence-corrected chi connectivity index (χ1v) is 10.1. The van der Waals surface area contributed by atoms with Gasteiger partial charge >= 0.3 is 0 Å². The standard InChI is InChI=1S/C19H18Cl2N4O2S/c1-12-8-15(6-7-16(12)21)27-10-17-23-24-19(25(17)2)28-11-18(26)22-14-5-3-4-13(20)9-14/h3-9H,10-11H2,1-2H3,(H,22,26). The van der Waals surface area contributed by atoms with Crippen LogP contribution in [0.3, 0.4) is 0 Å².